The van der Waals surface area contributed by atoms with E-state index in [4.69, 9.17) is 16.3 Å². The number of rotatable bonds is 8. The summed E-state index contributed by atoms with van der Waals surface area (Å²) in [5.74, 6) is -1.40. The molecule has 1 heterocycles. The molecule has 0 atom stereocenters. The SMILES string of the molecule is CCCOC(=O)c1ccc(NC2=C(Cl)C(=O)N(CCc3ccccc3)C2=O)cc1. The molecular weight excluding hydrogens is 392 g/mol. The third-order valence-corrected chi connectivity index (χ3v) is 4.76. The monoisotopic (exact) mass is 412 g/mol. The van der Waals surface area contributed by atoms with Crippen molar-refractivity contribution in [3.05, 3.63) is 76.5 Å². The van der Waals surface area contributed by atoms with Gasteiger partial charge in [0, 0.05) is 12.2 Å². The fourth-order valence-electron chi connectivity index (χ4n) is 2.86. The lowest BCUT2D eigenvalue weighted by Crippen LogP contribution is -2.34. The molecule has 6 nitrogen and oxygen atoms in total. The van der Waals surface area contributed by atoms with Gasteiger partial charge >= 0.3 is 5.97 Å². The van der Waals surface area contributed by atoms with Crippen LogP contribution in [-0.2, 0) is 20.7 Å². The number of carbonyl (C=O) groups is 3. The van der Waals surface area contributed by atoms with Gasteiger partial charge in [-0.3, -0.25) is 14.5 Å². The maximum atomic E-state index is 12.7. The van der Waals surface area contributed by atoms with E-state index >= 15 is 0 Å². The fourth-order valence-corrected chi connectivity index (χ4v) is 3.09. The van der Waals surface area contributed by atoms with E-state index < -0.39 is 17.8 Å². The summed E-state index contributed by atoms with van der Waals surface area (Å²) >= 11 is 6.12. The van der Waals surface area contributed by atoms with Gasteiger partial charge in [0.15, 0.2) is 0 Å². The first kappa shape index (κ1) is 20.6. The number of benzene rings is 2. The Balaban J connectivity index is 1.65. The first-order valence-electron chi connectivity index (χ1n) is 9.35. The highest BCUT2D eigenvalue weighted by molar-refractivity contribution is 6.48. The van der Waals surface area contributed by atoms with E-state index in [1.54, 1.807) is 24.3 Å². The molecule has 0 aromatic heterocycles. The molecule has 1 aliphatic heterocycles. The van der Waals surface area contributed by atoms with Gasteiger partial charge in [-0.25, -0.2) is 4.79 Å². The van der Waals surface area contributed by atoms with Crippen molar-refractivity contribution in [1.29, 1.82) is 0 Å². The highest BCUT2D eigenvalue weighted by Crippen LogP contribution is 2.26. The van der Waals surface area contributed by atoms with Crippen LogP contribution in [0.4, 0.5) is 5.69 Å². The predicted molar refractivity (Wildman–Crippen MR) is 110 cm³/mol. The predicted octanol–water partition coefficient (Wildman–Crippen LogP) is 3.73. The molecule has 1 aliphatic rings. The minimum atomic E-state index is -0.519. The summed E-state index contributed by atoms with van der Waals surface area (Å²) in [6, 6.07) is 16.0. The number of carbonyl (C=O) groups excluding carboxylic acids is 3. The van der Waals surface area contributed by atoms with Gasteiger partial charge in [-0.1, -0.05) is 48.9 Å². The van der Waals surface area contributed by atoms with Gasteiger partial charge in [0.2, 0.25) is 0 Å². The molecule has 0 saturated carbocycles. The number of hydrogen-bond acceptors (Lipinski definition) is 5. The third kappa shape index (κ3) is 4.84. The van der Waals surface area contributed by atoms with Crippen molar-refractivity contribution in [3.63, 3.8) is 0 Å². The van der Waals surface area contributed by atoms with Gasteiger partial charge < -0.3 is 10.1 Å². The van der Waals surface area contributed by atoms with Crippen LogP contribution < -0.4 is 5.32 Å². The van der Waals surface area contributed by atoms with E-state index in [9.17, 15) is 14.4 Å². The van der Waals surface area contributed by atoms with Gasteiger partial charge in [0.25, 0.3) is 11.8 Å². The number of anilines is 1. The van der Waals surface area contributed by atoms with Crippen LogP contribution in [0.5, 0.6) is 0 Å². The number of ether oxygens (including phenoxy) is 1. The molecule has 150 valence electrons. The van der Waals surface area contributed by atoms with Crippen LogP contribution in [0.2, 0.25) is 0 Å². The van der Waals surface area contributed by atoms with Gasteiger partial charge in [-0.15, -0.1) is 0 Å². The molecular formula is C22H21ClN2O4. The van der Waals surface area contributed by atoms with Crippen molar-refractivity contribution in [1.82, 2.24) is 4.90 Å². The van der Waals surface area contributed by atoms with E-state index in [2.05, 4.69) is 5.32 Å². The highest BCUT2D eigenvalue weighted by Gasteiger charge is 2.37. The Bertz CT molecular complexity index is 939. The normalized spacial score (nSPS) is 13.8. The average molecular weight is 413 g/mol. The van der Waals surface area contributed by atoms with Crippen molar-refractivity contribution in [3.8, 4) is 0 Å². The second-order valence-corrected chi connectivity index (χ2v) is 6.90. The Morgan fingerprint density at radius 2 is 1.72 bits per heavy atom. The van der Waals surface area contributed by atoms with Crippen LogP contribution in [0.1, 0.15) is 29.3 Å². The summed E-state index contributed by atoms with van der Waals surface area (Å²) < 4.78 is 5.08. The Labute approximate surface area is 174 Å². The maximum absolute atomic E-state index is 12.7. The van der Waals surface area contributed by atoms with Crippen molar-refractivity contribution < 1.29 is 19.1 Å². The molecule has 0 aliphatic carbocycles. The van der Waals surface area contributed by atoms with Crippen LogP contribution in [0.3, 0.4) is 0 Å². The van der Waals surface area contributed by atoms with Crippen LogP contribution in [0.15, 0.2) is 65.3 Å². The zero-order chi connectivity index (χ0) is 20.8. The molecule has 0 fully saturated rings. The van der Waals surface area contributed by atoms with E-state index in [1.165, 1.54) is 0 Å². The number of imide groups is 1. The third-order valence-electron chi connectivity index (χ3n) is 4.41. The molecule has 2 aromatic rings. The minimum Gasteiger partial charge on any atom is -0.462 e. The van der Waals surface area contributed by atoms with Crippen LogP contribution in [0, 0.1) is 0 Å². The largest absolute Gasteiger partial charge is 0.462 e. The molecule has 0 unspecified atom stereocenters. The zero-order valence-corrected chi connectivity index (χ0v) is 16.7. The quantitative estimate of drug-likeness (QED) is 0.528. The zero-order valence-electron chi connectivity index (χ0n) is 16.0. The van der Waals surface area contributed by atoms with Gasteiger partial charge in [0.1, 0.15) is 10.7 Å². The Morgan fingerprint density at radius 3 is 2.38 bits per heavy atom. The first-order chi connectivity index (χ1) is 14.0. The molecule has 7 heteroatoms. The second-order valence-electron chi connectivity index (χ2n) is 6.52. The van der Waals surface area contributed by atoms with Crippen molar-refractivity contribution in [2.45, 2.75) is 19.8 Å². The number of nitrogens with one attached hydrogen (secondary N) is 1. The molecule has 2 aromatic carbocycles. The standard InChI is InChI=1S/C22H21ClN2O4/c1-2-14-29-22(28)16-8-10-17(11-9-16)24-19-18(23)20(26)25(21(19)27)13-12-15-6-4-3-5-7-15/h3-11,24H,2,12-14H2,1H3. The van der Waals surface area contributed by atoms with E-state index in [1.807, 2.05) is 37.3 Å². The number of hydrogen-bond donors (Lipinski definition) is 1. The summed E-state index contributed by atoms with van der Waals surface area (Å²) in [4.78, 5) is 38.1. The molecule has 1 N–H and O–H groups in total. The Hall–Kier alpha value is -3.12. The van der Waals surface area contributed by atoms with Crippen molar-refractivity contribution in [2.75, 3.05) is 18.5 Å². The molecule has 3 rings (SSSR count). The molecule has 0 radical (unpaired) electrons. The number of nitrogens with zero attached hydrogens (tertiary/aromatic N) is 1. The molecule has 29 heavy (non-hydrogen) atoms. The molecule has 0 bridgehead atoms. The second kappa shape index (κ2) is 9.39. The van der Waals surface area contributed by atoms with Crippen molar-refractivity contribution >= 4 is 35.1 Å². The van der Waals surface area contributed by atoms with Crippen LogP contribution in [-0.4, -0.2) is 35.8 Å². The molecule has 0 spiro atoms. The number of halogens is 1. The summed E-state index contributed by atoms with van der Waals surface area (Å²) in [6.07, 6.45) is 1.29. The van der Waals surface area contributed by atoms with Gasteiger partial charge in [0.05, 0.1) is 12.2 Å². The van der Waals surface area contributed by atoms with Crippen molar-refractivity contribution in [2.24, 2.45) is 0 Å². The lowest BCUT2D eigenvalue weighted by Gasteiger charge is -2.15. The smallest absolute Gasteiger partial charge is 0.338 e. The number of amides is 2. The summed E-state index contributed by atoms with van der Waals surface area (Å²) in [5, 5.41) is 2.75. The van der Waals surface area contributed by atoms with E-state index in [-0.39, 0.29) is 17.3 Å². The van der Waals surface area contributed by atoms with E-state index in [0.29, 0.717) is 24.3 Å². The molecule has 0 saturated heterocycles. The first-order valence-corrected chi connectivity index (χ1v) is 9.73. The van der Waals surface area contributed by atoms with Crippen LogP contribution >= 0.6 is 11.6 Å². The lowest BCUT2D eigenvalue weighted by molar-refractivity contribution is -0.137. The van der Waals surface area contributed by atoms with Crippen LogP contribution in [0.25, 0.3) is 0 Å². The topological polar surface area (TPSA) is 75.7 Å². The Morgan fingerprint density at radius 1 is 1.03 bits per heavy atom. The molecule has 2 amide bonds. The average Bonchev–Trinajstić information content (AvgIpc) is 2.95. The van der Waals surface area contributed by atoms with Gasteiger partial charge in [-0.2, -0.15) is 0 Å². The summed E-state index contributed by atoms with van der Waals surface area (Å²) in [5.41, 5.74) is 2.00. The summed E-state index contributed by atoms with van der Waals surface area (Å²) in [6.45, 7) is 2.52. The summed E-state index contributed by atoms with van der Waals surface area (Å²) in [7, 11) is 0. The van der Waals surface area contributed by atoms with Gasteiger partial charge in [-0.05, 0) is 42.7 Å². The highest BCUT2D eigenvalue weighted by atomic mass is 35.5. The Kier molecular flexibility index (Phi) is 6.67. The lowest BCUT2D eigenvalue weighted by atomic mass is 10.1. The number of esters is 1. The minimum absolute atomic E-state index is 0.0334. The fraction of sp³-hybridized carbons (Fsp3) is 0.227. The van der Waals surface area contributed by atoms with E-state index in [0.717, 1.165) is 16.9 Å². The maximum Gasteiger partial charge on any atom is 0.338 e.